The van der Waals surface area contributed by atoms with Crippen molar-refractivity contribution in [1.82, 2.24) is 30.5 Å². The van der Waals surface area contributed by atoms with Gasteiger partial charge < -0.3 is 34.3 Å². The van der Waals surface area contributed by atoms with Crippen molar-refractivity contribution >= 4 is 41.3 Å². The molecule has 2 aliphatic rings. The number of rotatable bonds is 16. The number of halogens is 1. The van der Waals surface area contributed by atoms with Gasteiger partial charge in [0.2, 0.25) is 11.8 Å². The third-order valence-corrected chi connectivity index (χ3v) is 11.3. The smallest absolute Gasteiger partial charge is 0.347 e. The number of hydrogen-bond donors (Lipinski definition) is 2. The van der Waals surface area contributed by atoms with Gasteiger partial charge in [0, 0.05) is 57.6 Å². The number of methoxy groups -OCH3 is 2. The molecule has 17 heteroatoms. The normalized spacial score (nSPS) is 23.0. The maximum Gasteiger partial charge on any atom is 0.347 e. The highest BCUT2D eigenvalue weighted by Gasteiger charge is 2.48. The van der Waals surface area contributed by atoms with Crippen LogP contribution in [-0.2, 0) is 69.0 Å². The number of carbonyl (C=O) groups is 5. The first-order valence-electron chi connectivity index (χ1n) is 21.3. The number of esters is 3. The lowest BCUT2D eigenvalue weighted by molar-refractivity contribution is -0.179. The molecule has 1 saturated heterocycles. The van der Waals surface area contributed by atoms with Gasteiger partial charge in [-0.2, -0.15) is 0 Å². The van der Waals surface area contributed by atoms with Crippen molar-refractivity contribution in [2.45, 2.75) is 117 Å². The van der Waals surface area contributed by atoms with Crippen LogP contribution in [0.25, 0.3) is 0 Å². The van der Waals surface area contributed by atoms with Crippen LogP contribution < -0.4 is 15.4 Å². The number of aromatic nitrogens is 3. The molecule has 1 aromatic heterocycles. The van der Waals surface area contributed by atoms with Crippen molar-refractivity contribution in [3.63, 3.8) is 0 Å². The van der Waals surface area contributed by atoms with E-state index in [1.807, 2.05) is 46.1 Å². The number of epoxide rings is 1. The fraction of sp³-hybridized carbons (Fsp3) is 0.543. The second-order valence-corrected chi connectivity index (χ2v) is 17.8. The maximum absolute atomic E-state index is 13.9. The Morgan fingerprint density at radius 3 is 2.44 bits per heavy atom. The molecule has 2 aliphatic heterocycles. The zero-order chi connectivity index (χ0) is 45.8. The lowest BCUT2D eigenvalue weighted by Gasteiger charge is -2.29. The number of hydrogen-bond acceptors (Lipinski definition) is 13. The third kappa shape index (κ3) is 14.3. The van der Waals surface area contributed by atoms with Crippen LogP contribution in [-0.4, -0.2) is 102 Å². The molecule has 342 valence electrons. The van der Waals surface area contributed by atoms with Crippen LogP contribution in [0.15, 0.2) is 60.8 Å². The first-order chi connectivity index (χ1) is 30.0. The molecule has 2 N–H and O–H groups in total. The molecule has 3 heterocycles. The minimum Gasteiger partial charge on any atom is -0.495 e. The monoisotopic (exact) mass is 892 g/mol. The van der Waals surface area contributed by atoms with Gasteiger partial charge in [0.15, 0.2) is 6.10 Å². The van der Waals surface area contributed by atoms with Gasteiger partial charge >= 0.3 is 17.9 Å². The summed E-state index contributed by atoms with van der Waals surface area (Å²) in [5.74, 6) is -2.52. The van der Waals surface area contributed by atoms with Crippen LogP contribution in [0.3, 0.4) is 0 Å². The largest absolute Gasteiger partial charge is 0.495 e. The first kappa shape index (κ1) is 48.7. The van der Waals surface area contributed by atoms with E-state index in [-0.39, 0.29) is 55.8 Å². The zero-order valence-corrected chi connectivity index (χ0v) is 38.2. The van der Waals surface area contributed by atoms with Crippen LogP contribution in [0.5, 0.6) is 5.75 Å². The fourth-order valence-electron chi connectivity index (χ4n) is 7.29. The maximum atomic E-state index is 13.9. The number of nitrogens with one attached hydrogen (secondary N) is 2. The minimum absolute atomic E-state index is 0.0135. The number of ether oxygens (including phenoxy) is 5. The molecule has 2 aromatic carbocycles. The molecule has 2 amide bonds. The van der Waals surface area contributed by atoms with Crippen molar-refractivity contribution in [3.05, 3.63) is 88.2 Å². The highest BCUT2D eigenvalue weighted by molar-refractivity contribution is 6.32. The standard InChI is InChI=1S/C46H61ClN6O10/c1-28(2)21-38-44(57)61-36(11-9-12-39(54)49-35(23-31-16-19-37(59-7)34(47)22-31)43(56)48-27-46(4,5)45(58)62-38)29(3)41-42(63-41)32-17-14-30(15-18-32)24-52(6)25-33-26-53(51-50-33)20-10-13-40(55)60-8/h9,12,14-19,22,26,28-29,35-36,38,41-42H,10-11,13,20-21,23-25,27H2,1-8H3,(H,48,56)(H,49,54)/b12-9+/t29-,35+,36-,38-,41?,42?/m0/s1. The van der Waals surface area contributed by atoms with Crippen LogP contribution in [0.4, 0.5) is 0 Å². The molecule has 0 radical (unpaired) electrons. The van der Waals surface area contributed by atoms with Gasteiger partial charge in [-0.3, -0.25) is 28.8 Å². The average Bonchev–Trinajstić information content (AvgIpc) is 3.92. The van der Waals surface area contributed by atoms with Crippen LogP contribution in [0.1, 0.15) is 88.8 Å². The Morgan fingerprint density at radius 2 is 1.76 bits per heavy atom. The van der Waals surface area contributed by atoms with Crippen molar-refractivity contribution in [1.29, 1.82) is 0 Å². The first-order valence-corrected chi connectivity index (χ1v) is 21.7. The van der Waals surface area contributed by atoms with Crippen molar-refractivity contribution in [3.8, 4) is 5.75 Å². The third-order valence-electron chi connectivity index (χ3n) is 11.1. The van der Waals surface area contributed by atoms with Gasteiger partial charge in [-0.1, -0.05) is 74.0 Å². The van der Waals surface area contributed by atoms with Gasteiger partial charge in [0.05, 0.1) is 36.5 Å². The summed E-state index contributed by atoms with van der Waals surface area (Å²) >= 11 is 6.37. The van der Waals surface area contributed by atoms with Gasteiger partial charge in [-0.25, -0.2) is 4.79 Å². The molecule has 0 saturated carbocycles. The number of cyclic esters (lactones) is 2. The molecular formula is C46H61ClN6O10. The molecule has 1 fully saturated rings. The Bertz CT molecular complexity index is 2090. The highest BCUT2D eigenvalue weighted by atomic mass is 35.5. The fourth-order valence-corrected chi connectivity index (χ4v) is 7.57. The van der Waals surface area contributed by atoms with E-state index in [9.17, 15) is 24.0 Å². The summed E-state index contributed by atoms with van der Waals surface area (Å²) in [6, 6.07) is 12.3. The van der Waals surface area contributed by atoms with E-state index >= 15 is 0 Å². The van der Waals surface area contributed by atoms with E-state index < -0.39 is 47.4 Å². The Kier molecular flexibility index (Phi) is 17.3. The van der Waals surface area contributed by atoms with Crippen molar-refractivity contribution in [2.75, 3.05) is 27.8 Å². The lowest BCUT2D eigenvalue weighted by Crippen LogP contribution is -2.51. The summed E-state index contributed by atoms with van der Waals surface area (Å²) in [6.07, 6.45) is 3.75. The molecule has 2 unspecified atom stereocenters. The Hall–Kier alpha value is -5.32. The van der Waals surface area contributed by atoms with Crippen molar-refractivity contribution < 1.29 is 47.7 Å². The summed E-state index contributed by atoms with van der Waals surface area (Å²) < 4.78 is 29.9. The molecular weight excluding hydrogens is 832 g/mol. The van der Waals surface area contributed by atoms with Crippen LogP contribution in [0, 0.1) is 17.3 Å². The number of amides is 2. The molecule has 0 bridgehead atoms. The summed E-state index contributed by atoms with van der Waals surface area (Å²) in [7, 11) is 4.88. The van der Waals surface area contributed by atoms with Gasteiger partial charge in [0.1, 0.15) is 24.0 Å². The number of aryl methyl sites for hydroxylation is 1. The summed E-state index contributed by atoms with van der Waals surface area (Å²) in [5.41, 5.74) is 2.33. The predicted octanol–water partition coefficient (Wildman–Crippen LogP) is 5.30. The van der Waals surface area contributed by atoms with Crippen molar-refractivity contribution in [2.24, 2.45) is 17.3 Å². The van der Waals surface area contributed by atoms with Crippen LogP contribution >= 0.6 is 11.6 Å². The van der Waals surface area contributed by atoms with E-state index in [0.29, 0.717) is 48.8 Å². The van der Waals surface area contributed by atoms with E-state index in [1.54, 1.807) is 42.8 Å². The summed E-state index contributed by atoms with van der Waals surface area (Å²) in [5, 5.41) is 14.4. The topological polar surface area (TPSA) is 193 Å². The van der Waals surface area contributed by atoms with Gasteiger partial charge in [-0.15, -0.1) is 5.10 Å². The second kappa shape index (κ2) is 22.3. The van der Waals surface area contributed by atoms with E-state index in [4.69, 9.17) is 35.3 Å². The molecule has 63 heavy (non-hydrogen) atoms. The molecule has 0 aliphatic carbocycles. The van der Waals surface area contributed by atoms with Crippen LogP contribution in [0.2, 0.25) is 5.02 Å². The van der Waals surface area contributed by atoms with E-state index in [2.05, 4.69) is 38.0 Å². The number of benzene rings is 2. The zero-order valence-electron chi connectivity index (χ0n) is 37.4. The quantitative estimate of drug-likeness (QED) is 0.107. The highest BCUT2D eigenvalue weighted by Crippen LogP contribution is 2.45. The SMILES string of the molecule is COC(=O)CCCn1cc(CN(C)Cc2ccc(C3OC3[C@@H](C)[C@@H]3C/C=C/C(=O)N[C@H](Cc4ccc(OC)c(Cl)c4)C(=O)NCC(C)(C)C(=O)O[C@@H](CC(C)C)C(=O)O3)cc2)nn1. The predicted molar refractivity (Wildman–Crippen MR) is 233 cm³/mol. The Morgan fingerprint density at radius 1 is 1.03 bits per heavy atom. The molecule has 5 rings (SSSR count). The number of carbonyl (C=O) groups excluding carboxylic acids is 5. The van der Waals surface area contributed by atoms with Gasteiger partial charge in [0.25, 0.3) is 0 Å². The summed E-state index contributed by atoms with van der Waals surface area (Å²) in [6.45, 7) is 10.7. The number of nitrogens with zero attached hydrogens (tertiary/aromatic N) is 4. The molecule has 3 aromatic rings. The second-order valence-electron chi connectivity index (χ2n) is 17.4. The average molecular weight is 893 g/mol. The molecule has 16 nitrogen and oxygen atoms in total. The molecule has 6 atom stereocenters. The summed E-state index contributed by atoms with van der Waals surface area (Å²) in [4.78, 5) is 68.0. The minimum atomic E-state index is -1.23. The van der Waals surface area contributed by atoms with E-state index in [0.717, 1.165) is 16.8 Å². The van der Waals surface area contributed by atoms with Gasteiger partial charge in [-0.05, 0) is 74.6 Å². The van der Waals surface area contributed by atoms with E-state index in [1.165, 1.54) is 20.3 Å². The molecule has 0 spiro atoms. The Balaban J connectivity index is 1.27. The lowest BCUT2D eigenvalue weighted by atomic mass is 9.92. The Labute approximate surface area is 374 Å².